The van der Waals surface area contributed by atoms with Gasteiger partial charge in [-0.05, 0) is 18.4 Å². The smallest absolute Gasteiger partial charge is 0.194 e. The molecular weight excluding hydrogens is 298 g/mol. The van der Waals surface area contributed by atoms with E-state index in [0.29, 0.717) is 5.69 Å². The molecule has 0 atom stereocenters. The molecule has 110 valence electrons. The number of nitrogens with zero attached hydrogens (tertiary/aromatic N) is 3. The lowest BCUT2D eigenvalue weighted by Gasteiger charge is -2.06. The largest absolute Gasteiger partial charge is 0.410 e. The van der Waals surface area contributed by atoms with Crippen molar-refractivity contribution >= 4 is 27.8 Å². The van der Waals surface area contributed by atoms with Gasteiger partial charge in [0, 0.05) is 18.3 Å². The molecule has 1 aliphatic carbocycles. The molecule has 4 rings (SSSR count). The van der Waals surface area contributed by atoms with Crippen molar-refractivity contribution in [1.29, 1.82) is 0 Å². The van der Waals surface area contributed by atoms with Crippen molar-refractivity contribution in [2.45, 2.75) is 12.8 Å². The Labute approximate surface area is 130 Å². The first-order valence-electron chi connectivity index (χ1n) is 7.07. The van der Waals surface area contributed by atoms with Gasteiger partial charge in [0.2, 0.25) is 0 Å². The lowest BCUT2D eigenvalue weighted by molar-refractivity contribution is -0.114. The Morgan fingerprint density at radius 2 is 2.09 bits per heavy atom. The molecule has 1 saturated carbocycles. The molecule has 2 aromatic heterocycles. The molecule has 1 N–H and O–H groups in total. The molecule has 3 aromatic rings. The fourth-order valence-corrected chi connectivity index (χ4v) is 3.64. The molecule has 0 bridgehead atoms. The van der Waals surface area contributed by atoms with E-state index in [4.69, 9.17) is 0 Å². The first-order valence-corrected chi connectivity index (χ1v) is 7.89. The number of oxime groups is 1. The van der Waals surface area contributed by atoms with Crippen LogP contribution >= 0.6 is 11.3 Å². The molecule has 6 heteroatoms. The van der Waals surface area contributed by atoms with Gasteiger partial charge in [0.05, 0.1) is 10.6 Å². The number of ketones is 1. The number of rotatable bonds is 4. The second-order valence-corrected chi connectivity index (χ2v) is 6.29. The van der Waals surface area contributed by atoms with Crippen LogP contribution in [0.15, 0.2) is 47.9 Å². The van der Waals surface area contributed by atoms with Crippen molar-refractivity contribution in [3.05, 3.63) is 48.4 Å². The molecule has 0 amide bonds. The standard InChI is InChI=1S/C16H13N3O2S/c20-14(10-6-7-10)12(18-21)13-15(11-4-2-1-3-5-11)22-16-17-8-9-19(13)16/h1-5,8-10,21H,6-7H2. The van der Waals surface area contributed by atoms with Crippen LogP contribution in [0, 0.1) is 5.92 Å². The first-order chi connectivity index (χ1) is 10.8. The van der Waals surface area contributed by atoms with Gasteiger partial charge in [0.15, 0.2) is 16.5 Å². The number of fused-ring (bicyclic) bond motifs is 1. The quantitative estimate of drug-likeness (QED) is 0.457. The molecule has 2 heterocycles. The average molecular weight is 311 g/mol. The maximum Gasteiger partial charge on any atom is 0.194 e. The first kappa shape index (κ1) is 13.2. The molecule has 5 nitrogen and oxygen atoms in total. The van der Waals surface area contributed by atoms with E-state index in [1.165, 1.54) is 11.3 Å². The Morgan fingerprint density at radius 3 is 2.77 bits per heavy atom. The van der Waals surface area contributed by atoms with Gasteiger partial charge in [0.1, 0.15) is 0 Å². The van der Waals surface area contributed by atoms with Crippen LogP contribution in [0.5, 0.6) is 0 Å². The molecule has 1 fully saturated rings. The number of benzene rings is 1. The second kappa shape index (κ2) is 5.06. The zero-order valence-electron chi connectivity index (χ0n) is 11.6. The maximum atomic E-state index is 12.5. The topological polar surface area (TPSA) is 67.0 Å². The summed E-state index contributed by atoms with van der Waals surface area (Å²) in [5.74, 6) is -0.0962. The second-order valence-electron chi connectivity index (χ2n) is 5.31. The zero-order chi connectivity index (χ0) is 15.1. The number of carbonyl (C=O) groups is 1. The van der Waals surface area contributed by atoms with Crippen LogP contribution in [0.2, 0.25) is 0 Å². The molecule has 0 unspecified atom stereocenters. The van der Waals surface area contributed by atoms with Crippen molar-refractivity contribution in [1.82, 2.24) is 9.38 Å². The molecule has 0 radical (unpaired) electrons. The number of aromatic nitrogens is 2. The average Bonchev–Trinajstić information content (AvgIpc) is 3.20. The van der Waals surface area contributed by atoms with Gasteiger partial charge >= 0.3 is 0 Å². The van der Waals surface area contributed by atoms with E-state index in [1.807, 2.05) is 34.7 Å². The highest BCUT2D eigenvalue weighted by Gasteiger charge is 2.36. The highest BCUT2D eigenvalue weighted by molar-refractivity contribution is 7.20. The van der Waals surface area contributed by atoms with Crippen molar-refractivity contribution in [2.24, 2.45) is 11.1 Å². The van der Waals surface area contributed by atoms with Crippen molar-refractivity contribution in [3.63, 3.8) is 0 Å². The van der Waals surface area contributed by atoms with Crippen LogP contribution in [0.3, 0.4) is 0 Å². The summed E-state index contributed by atoms with van der Waals surface area (Å²) >= 11 is 1.48. The van der Waals surface area contributed by atoms with E-state index in [2.05, 4.69) is 10.1 Å². The highest BCUT2D eigenvalue weighted by atomic mass is 32.1. The van der Waals surface area contributed by atoms with Crippen molar-refractivity contribution in [3.8, 4) is 10.4 Å². The minimum absolute atomic E-state index is 0.00649. The van der Waals surface area contributed by atoms with Crippen LogP contribution in [0.1, 0.15) is 18.5 Å². The molecule has 0 saturated heterocycles. The maximum absolute atomic E-state index is 12.5. The van der Waals surface area contributed by atoms with Gasteiger partial charge < -0.3 is 5.21 Å². The Balaban J connectivity index is 1.94. The lowest BCUT2D eigenvalue weighted by atomic mass is 10.0. The predicted molar refractivity (Wildman–Crippen MR) is 84.6 cm³/mol. The summed E-state index contributed by atoms with van der Waals surface area (Å²) in [6.45, 7) is 0. The van der Waals surface area contributed by atoms with Crippen LogP contribution in [-0.4, -0.2) is 26.1 Å². The number of hydrogen-bond acceptors (Lipinski definition) is 5. The number of Topliss-reactive ketones (excluding diaryl/α,β-unsaturated/α-hetero) is 1. The van der Waals surface area contributed by atoms with E-state index < -0.39 is 0 Å². The van der Waals surface area contributed by atoms with Crippen molar-refractivity contribution < 1.29 is 10.0 Å². The fourth-order valence-electron chi connectivity index (χ4n) is 2.54. The normalized spacial score (nSPS) is 15.4. The Kier molecular flexibility index (Phi) is 3.04. The van der Waals surface area contributed by atoms with Crippen molar-refractivity contribution in [2.75, 3.05) is 0 Å². The minimum atomic E-state index is -0.0897. The Bertz CT molecular complexity index is 875. The van der Waals surface area contributed by atoms with Crippen LogP contribution in [-0.2, 0) is 4.79 Å². The minimum Gasteiger partial charge on any atom is -0.410 e. The summed E-state index contributed by atoms with van der Waals surface area (Å²) in [7, 11) is 0. The zero-order valence-corrected chi connectivity index (χ0v) is 12.5. The Hall–Kier alpha value is -2.47. The van der Waals surface area contributed by atoms with Gasteiger partial charge in [-0.25, -0.2) is 4.98 Å². The lowest BCUT2D eigenvalue weighted by Crippen LogP contribution is -2.19. The molecule has 1 aromatic carbocycles. The molecule has 22 heavy (non-hydrogen) atoms. The number of hydrogen-bond donors (Lipinski definition) is 1. The molecule has 0 spiro atoms. The summed E-state index contributed by atoms with van der Waals surface area (Å²) < 4.78 is 1.82. The monoisotopic (exact) mass is 311 g/mol. The Morgan fingerprint density at radius 1 is 1.32 bits per heavy atom. The number of thiazole rings is 1. The molecular formula is C16H13N3O2S. The van der Waals surface area contributed by atoms with E-state index >= 15 is 0 Å². The highest BCUT2D eigenvalue weighted by Crippen LogP contribution is 2.36. The van der Waals surface area contributed by atoms with Crippen LogP contribution in [0.25, 0.3) is 15.4 Å². The summed E-state index contributed by atoms with van der Waals surface area (Å²) in [6, 6.07) is 9.79. The van der Waals surface area contributed by atoms with Gasteiger partial charge in [-0.3, -0.25) is 9.20 Å². The summed E-state index contributed by atoms with van der Waals surface area (Å²) in [6.07, 6.45) is 5.21. The summed E-state index contributed by atoms with van der Waals surface area (Å²) in [5, 5.41) is 12.8. The fraction of sp³-hybridized carbons (Fsp3) is 0.188. The van der Waals surface area contributed by atoms with E-state index in [9.17, 15) is 10.0 Å². The SMILES string of the molecule is O=C(C(=NO)c1c(-c2ccccc2)sc2nccn12)C1CC1. The number of imidazole rings is 1. The molecule has 1 aliphatic rings. The van der Waals surface area contributed by atoms with Gasteiger partial charge in [-0.2, -0.15) is 0 Å². The third-order valence-corrected chi connectivity index (χ3v) is 4.92. The molecule has 0 aliphatic heterocycles. The third-order valence-electron chi connectivity index (χ3n) is 3.80. The summed E-state index contributed by atoms with van der Waals surface area (Å²) in [5.41, 5.74) is 1.74. The van der Waals surface area contributed by atoms with Crippen LogP contribution < -0.4 is 0 Å². The predicted octanol–water partition coefficient (Wildman–Crippen LogP) is 3.22. The van der Waals surface area contributed by atoms with Gasteiger partial charge in [-0.1, -0.05) is 46.8 Å². The van der Waals surface area contributed by atoms with E-state index in [0.717, 1.165) is 28.2 Å². The third kappa shape index (κ3) is 2.03. The van der Waals surface area contributed by atoms with Crippen LogP contribution in [0.4, 0.5) is 0 Å². The number of carbonyl (C=O) groups excluding carboxylic acids is 1. The van der Waals surface area contributed by atoms with E-state index in [1.54, 1.807) is 12.4 Å². The van der Waals surface area contributed by atoms with Gasteiger partial charge in [-0.15, -0.1) is 0 Å². The summed E-state index contributed by atoms with van der Waals surface area (Å²) in [4.78, 5) is 18.4. The van der Waals surface area contributed by atoms with Gasteiger partial charge in [0.25, 0.3) is 0 Å². The van der Waals surface area contributed by atoms with E-state index in [-0.39, 0.29) is 17.4 Å².